The van der Waals surface area contributed by atoms with Gasteiger partial charge in [0.15, 0.2) is 11.5 Å². The first kappa shape index (κ1) is 21.8. The lowest BCUT2D eigenvalue weighted by molar-refractivity contribution is 0.112. The lowest BCUT2D eigenvalue weighted by Gasteiger charge is -2.27. The molecule has 2 aromatic carbocycles. The predicted octanol–water partition coefficient (Wildman–Crippen LogP) is 6.29. The molecule has 0 aromatic heterocycles. The Labute approximate surface area is 168 Å². The average molecular weight is 385 g/mol. The second-order valence-corrected chi connectivity index (χ2v) is 8.91. The van der Waals surface area contributed by atoms with Crippen molar-refractivity contribution in [2.75, 3.05) is 13.7 Å². The highest BCUT2D eigenvalue weighted by Crippen LogP contribution is 2.43. The largest absolute Gasteiger partial charge is 0.493 e. The molecule has 28 heavy (non-hydrogen) atoms. The van der Waals surface area contributed by atoms with Crippen molar-refractivity contribution in [3.8, 4) is 23.0 Å². The smallest absolute Gasteiger partial charge is 0.204 e. The van der Waals surface area contributed by atoms with Crippen molar-refractivity contribution < 1.29 is 19.0 Å². The van der Waals surface area contributed by atoms with E-state index in [0.717, 1.165) is 17.6 Å². The molecule has 0 atom stereocenters. The number of hydrogen-bond donors (Lipinski definition) is 0. The highest BCUT2D eigenvalue weighted by atomic mass is 16.5. The molecule has 0 saturated carbocycles. The molecule has 0 spiro atoms. The number of carbonyl (C=O) groups excluding carboxylic acids is 1. The Kier molecular flexibility index (Phi) is 6.43. The van der Waals surface area contributed by atoms with Crippen LogP contribution in [0.2, 0.25) is 0 Å². The third-order valence-corrected chi connectivity index (χ3v) is 4.56. The zero-order valence-electron chi connectivity index (χ0n) is 18.3. The first-order valence-corrected chi connectivity index (χ1v) is 9.64. The molecule has 2 rings (SSSR count). The van der Waals surface area contributed by atoms with Crippen molar-refractivity contribution in [3.05, 3.63) is 47.0 Å². The van der Waals surface area contributed by atoms with Crippen molar-refractivity contribution >= 4 is 6.29 Å². The van der Waals surface area contributed by atoms with E-state index >= 15 is 0 Å². The molecular weight excluding hydrogens is 352 g/mol. The van der Waals surface area contributed by atoms with Gasteiger partial charge in [-0.25, -0.2) is 0 Å². The molecule has 152 valence electrons. The Hall–Kier alpha value is -2.49. The van der Waals surface area contributed by atoms with Gasteiger partial charge in [0.2, 0.25) is 5.75 Å². The fourth-order valence-electron chi connectivity index (χ4n) is 2.97. The van der Waals surface area contributed by atoms with Gasteiger partial charge < -0.3 is 14.2 Å². The minimum atomic E-state index is -0.116. The van der Waals surface area contributed by atoms with Gasteiger partial charge in [-0.1, -0.05) is 53.7 Å². The van der Waals surface area contributed by atoms with Gasteiger partial charge in [0.25, 0.3) is 0 Å². The van der Waals surface area contributed by atoms with Gasteiger partial charge in [0.1, 0.15) is 12.0 Å². The summed E-state index contributed by atoms with van der Waals surface area (Å²) in [4.78, 5) is 11.4. The Morgan fingerprint density at radius 2 is 1.54 bits per heavy atom. The summed E-state index contributed by atoms with van der Waals surface area (Å²) >= 11 is 0. The number of rotatable bonds is 6. The average Bonchev–Trinajstić information content (AvgIpc) is 2.61. The summed E-state index contributed by atoms with van der Waals surface area (Å²) in [5.74, 6) is 2.18. The van der Waals surface area contributed by atoms with Crippen LogP contribution in [0.4, 0.5) is 0 Å². The standard InChI is InChI=1S/C24H32O4/c1-9-27-22-20(26-8)12-16(15-25)13-21(22)28-19-11-10-17(23(2,3)4)14-18(19)24(5,6)7/h10-15H,9H2,1-8H3. The monoisotopic (exact) mass is 384 g/mol. The number of hydrogen-bond acceptors (Lipinski definition) is 4. The molecule has 0 heterocycles. The summed E-state index contributed by atoms with van der Waals surface area (Å²) in [5, 5.41) is 0. The summed E-state index contributed by atoms with van der Waals surface area (Å²) in [6, 6.07) is 9.63. The van der Waals surface area contributed by atoms with Gasteiger partial charge in [-0.15, -0.1) is 0 Å². The Bertz CT molecular complexity index is 839. The van der Waals surface area contributed by atoms with E-state index in [1.165, 1.54) is 5.56 Å². The molecule has 0 aliphatic rings. The summed E-state index contributed by atoms with van der Waals surface area (Å²) in [6.07, 6.45) is 0.776. The van der Waals surface area contributed by atoms with Crippen molar-refractivity contribution in [2.24, 2.45) is 0 Å². The van der Waals surface area contributed by atoms with Gasteiger partial charge >= 0.3 is 0 Å². The van der Waals surface area contributed by atoms with Gasteiger partial charge in [-0.2, -0.15) is 0 Å². The molecule has 0 aliphatic carbocycles. The van der Waals surface area contributed by atoms with Gasteiger partial charge in [-0.3, -0.25) is 4.79 Å². The normalized spacial score (nSPS) is 11.9. The predicted molar refractivity (Wildman–Crippen MR) is 113 cm³/mol. The van der Waals surface area contributed by atoms with E-state index < -0.39 is 0 Å². The van der Waals surface area contributed by atoms with Gasteiger partial charge in [0, 0.05) is 11.1 Å². The maximum absolute atomic E-state index is 11.4. The maximum atomic E-state index is 11.4. The van der Waals surface area contributed by atoms with E-state index in [-0.39, 0.29) is 10.8 Å². The zero-order chi connectivity index (χ0) is 21.1. The van der Waals surface area contributed by atoms with E-state index in [4.69, 9.17) is 14.2 Å². The van der Waals surface area contributed by atoms with E-state index in [1.807, 2.05) is 13.0 Å². The highest BCUT2D eigenvalue weighted by Gasteiger charge is 2.24. The molecule has 2 aromatic rings. The molecule has 0 saturated heterocycles. The molecule has 4 nitrogen and oxygen atoms in total. The molecular formula is C24H32O4. The topological polar surface area (TPSA) is 44.8 Å². The third kappa shape index (κ3) is 4.86. The minimum Gasteiger partial charge on any atom is -0.493 e. The van der Waals surface area contributed by atoms with Crippen LogP contribution in [-0.2, 0) is 10.8 Å². The lowest BCUT2D eigenvalue weighted by atomic mass is 9.80. The van der Waals surface area contributed by atoms with Crippen LogP contribution in [0.5, 0.6) is 23.0 Å². The fourth-order valence-corrected chi connectivity index (χ4v) is 2.97. The van der Waals surface area contributed by atoms with Crippen molar-refractivity contribution in [1.29, 1.82) is 0 Å². The number of benzene rings is 2. The second kappa shape index (κ2) is 8.26. The van der Waals surface area contributed by atoms with E-state index in [2.05, 4.69) is 53.7 Å². The molecule has 0 N–H and O–H groups in total. The first-order chi connectivity index (χ1) is 13.0. The molecule has 0 radical (unpaired) electrons. The third-order valence-electron chi connectivity index (χ3n) is 4.56. The summed E-state index contributed by atoms with van der Waals surface area (Å²) in [6.45, 7) is 15.4. The number of carbonyl (C=O) groups is 1. The first-order valence-electron chi connectivity index (χ1n) is 9.64. The van der Waals surface area contributed by atoms with Crippen molar-refractivity contribution in [1.82, 2.24) is 0 Å². The maximum Gasteiger partial charge on any atom is 0.204 e. The number of ether oxygens (including phenoxy) is 3. The summed E-state index contributed by atoms with van der Waals surface area (Å²) in [7, 11) is 1.55. The van der Waals surface area contributed by atoms with Crippen molar-refractivity contribution in [2.45, 2.75) is 59.3 Å². The van der Waals surface area contributed by atoms with Crippen LogP contribution in [0.3, 0.4) is 0 Å². The van der Waals surface area contributed by atoms with Crippen LogP contribution in [0.25, 0.3) is 0 Å². The fraction of sp³-hybridized carbons (Fsp3) is 0.458. The summed E-state index contributed by atoms with van der Waals surface area (Å²) in [5.41, 5.74) is 2.73. The SMILES string of the molecule is CCOc1c(OC)cc(C=O)cc1Oc1ccc(C(C)(C)C)cc1C(C)(C)C. The molecule has 0 aliphatic heterocycles. The molecule has 4 heteroatoms. The molecule has 0 amide bonds. The van der Waals surface area contributed by atoms with Gasteiger partial charge in [-0.05, 0) is 41.5 Å². The quantitative estimate of drug-likeness (QED) is 0.549. The van der Waals surface area contributed by atoms with Crippen LogP contribution in [0, 0.1) is 0 Å². The van der Waals surface area contributed by atoms with Crippen LogP contribution in [0.1, 0.15) is 70.0 Å². The van der Waals surface area contributed by atoms with Crippen LogP contribution >= 0.6 is 0 Å². The lowest BCUT2D eigenvalue weighted by Crippen LogP contribution is -2.17. The second-order valence-electron chi connectivity index (χ2n) is 8.91. The van der Waals surface area contributed by atoms with Crippen LogP contribution < -0.4 is 14.2 Å². The zero-order valence-corrected chi connectivity index (χ0v) is 18.3. The van der Waals surface area contributed by atoms with Crippen molar-refractivity contribution in [3.63, 3.8) is 0 Å². The Morgan fingerprint density at radius 3 is 2.04 bits per heavy atom. The van der Waals surface area contributed by atoms with E-state index in [0.29, 0.717) is 29.4 Å². The van der Waals surface area contributed by atoms with Crippen LogP contribution in [-0.4, -0.2) is 20.0 Å². The molecule has 0 fully saturated rings. The van der Waals surface area contributed by atoms with Gasteiger partial charge in [0.05, 0.1) is 13.7 Å². The number of aldehydes is 1. The number of methoxy groups -OCH3 is 1. The Morgan fingerprint density at radius 1 is 0.893 bits per heavy atom. The van der Waals surface area contributed by atoms with E-state index in [9.17, 15) is 4.79 Å². The summed E-state index contributed by atoms with van der Waals surface area (Å²) < 4.78 is 17.5. The molecule has 0 bridgehead atoms. The molecule has 0 unspecified atom stereocenters. The Balaban J connectivity index is 2.63. The van der Waals surface area contributed by atoms with E-state index in [1.54, 1.807) is 19.2 Å². The minimum absolute atomic E-state index is 0.0374. The van der Waals surface area contributed by atoms with Crippen LogP contribution in [0.15, 0.2) is 30.3 Å². The highest BCUT2D eigenvalue weighted by molar-refractivity contribution is 5.78.